The first-order valence-corrected chi connectivity index (χ1v) is 8.43. The van der Waals surface area contributed by atoms with E-state index in [4.69, 9.17) is 22.1 Å². The molecule has 0 spiro atoms. The molecule has 2 N–H and O–H groups in total. The summed E-state index contributed by atoms with van der Waals surface area (Å²) in [5.41, 5.74) is 7.50. The van der Waals surface area contributed by atoms with Crippen molar-refractivity contribution in [2.45, 2.75) is 56.8 Å². The van der Waals surface area contributed by atoms with Gasteiger partial charge in [-0.05, 0) is 31.4 Å². The molecule has 116 valence electrons. The summed E-state index contributed by atoms with van der Waals surface area (Å²) in [6, 6.07) is 8.82. The minimum Gasteiger partial charge on any atom is -0.375 e. The molecular formula is C17H25ClN2O. The Bertz CT molecular complexity index is 478. The molecule has 0 radical (unpaired) electrons. The van der Waals surface area contributed by atoms with Crippen LogP contribution in [0, 0.1) is 0 Å². The fourth-order valence-corrected chi connectivity index (χ4v) is 4.20. The summed E-state index contributed by atoms with van der Waals surface area (Å²) in [7, 11) is 0. The van der Waals surface area contributed by atoms with Gasteiger partial charge in [-0.3, -0.25) is 4.90 Å². The molecule has 1 aromatic carbocycles. The van der Waals surface area contributed by atoms with Gasteiger partial charge in [0.2, 0.25) is 0 Å². The van der Waals surface area contributed by atoms with Crippen LogP contribution in [-0.2, 0) is 4.74 Å². The molecule has 1 aliphatic carbocycles. The van der Waals surface area contributed by atoms with Crippen LogP contribution in [0.4, 0.5) is 0 Å². The number of halogens is 1. The molecule has 0 bridgehead atoms. The van der Waals surface area contributed by atoms with E-state index < -0.39 is 0 Å². The fourth-order valence-electron chi connectivity index (χ4n) is 3.95. The Morgan fingerprint density at radius 2 is 2.05 bits per heavy atom. The number of ether oxygens (including phenoxy) is 1. The van der Waals surface area contributed by atoms with Crippen molar-refractivity contribution < 1.29 is 4.74 Å². The smallest absolute Gasteiger partial charge is 0.0731 e. The molecule has 0 amide bonds. The van der Waals surface area contributed by atoms with Gasteiger partial charge in [-0.15, -0.1) is 0 Å². The molecule has 1 saturated heterocycles. The van der Waals surface area contributed by atoms with Crippen LogP contribution < -0.4 is 5.73 Å². The maximum Gasteiger partial charge on any atom is 0.0731 e. The number of rotatable bonds is 3. The number of fused-ring (bicyclic) bond motifs is 1. The third-order valence-electron chi connectivity index (χ3n) is 4.85. The third-order valence-corrected chi connectivity index (χ3v) is 5.20. The van der Waals surface area contributed by atoms with Crippen LogP contribution >= 0.6 is 11.6 Å². The predicted octanol–water partition coefficient (Wildman–Crippen LogP) is 3.37. The minimum atomic E-state index is 0.0468. The van der Waals surface area contributed by atoms with Crippen LogP contribution in [0.15, 0.2) is 24.3 Å². The van der Waals surface area contributed by atoms with E-state index in [1.54, 1.807) is 0 Å². The van der Waals surface area contributed by atoms with E-state index in [0.717, 1.165) is 23.7 Å². The molecular weight excluding hydrogens is 284 g/mol. The standard InChI is InChI=1S/C17H25ClN2O/c1-12(19)17(13-6-2-3-7-14(13)18)20-10-11-21-16-9-5-4-8-15(16)20/h2-3,6-7,12,15-17H,4-5,8-11,19H2,1H3. The lowest BCUT2D eigenvalue weighted by atomic mass is 9.87. The van der Waals surface area contributed by atoms with Gasteiger partial charge in [-0.1, -0.05) is 42.6 Å². The van der Waals surface area contributed by atoms with Crippen LogP contribution in [-0.4, -0.2) is 36.2 Å². The van der Waals surface area contributed by atoms with E-state index in [0.29, 0.717) is 12.1 Å². The minimum absolute atomic E-state index is 0.0468. The van der Waals surface area contributed by atoms with E-state index in [2.05, 4.69) is 24.0 Å². The number of nitrogens with two attached hydrogens (primary N) is 1. The average Bonchev–Trinajstić information content (AvgIpc) is 2.49. The number of hydrogen-bond donors (Lipinski definition) is 1. The summed E-state index contributed by atoms with van der Waals surface area (Å²) in [5.74, 6) is 0. The molecule has 1 aromatic rings. The Morgan fingerprint density at radius 3 is 2.81 bits per heavy atom. The summed E-state index contributed by atoms with van der Waals surface area (Å²) in [6.45, 7) is 3.83. The monoisotopic (exact) mass is 308 g/mol. The second-order valence-corrected chi connectivity index (χ2v) is 6.73. The Hall–Kier alpha value is -0.610. The van der Waals surface area contributed by atoms with Gasteiger partial charge in [0.15, 0.2) is 0 Å². The average molecular weight is 309 g/mol. The fraction of sp³-hybridized carbons (Fsp3) is 0.647. The molecule has 0 aromatic heterocycles. The summed E-state index contributed by atoms with van der Waals surface area (Å²) in [6.07, 6.45) is 5.32. The number of nitrogens with zero attached hydrogens (tertiary/aromatic N) is 1. The van der Waals surface area contributed by atoms with Gasteiger partial charge >= 0.3 is 0 Å². The Balaban J connectivity index is 1.91. The maximum absolute atomic E-state index is 6.44. The van der Waals surface area contributed by atoms with Gasteiger partial charge in [0.1, 0.15) is 0 Å². The molecule has 4 heteroatoms. The molecule has 4 unspecified atom stereocenters. The molecule has 3 rings (SSSR count). The van der Waals surface area contributed by atoms with Crippen LogP contribution in [0.25, 0.3) is 0 Å². The second kappa shape index (κ2) is 6.66. The second-order valence-electron chi connectivity index (χ2n) is 6.32. The van der Waals surface area contributed by atoms with Crippen molar-refractivity contribution >= 4 is 11.6 Å². The number of benzene rings is 1. The van der Waals surface area contributed by atoms with E-state index in [1.165, 1.54) is 25.7 Å². The Morgan fingerprint density at radius 1 is 1.29 bits per heavy atom. The zero-order valence-corrected chi connectivity index (χ0v) is 13.4. The normalized spacial score (nSPS) is 29.7. The molecule has 2 fully saturated rings. The lowest BCUT2D eigenvalue weighted by molar-refractivity contribution is -0.106. The van der Waals surface area contributed by atoms with Crippen molar-refractivity contribution in [3.8, 4) is 0 Å². The number of hydrogen-bond acceptors (Lipinski definition) is 3. The summed E-state index contributed by atoms with van der Waals surface area (Å²) < 4.78 is 5.99. The highest BCUT2D eigenvalue weighted by Crippen LogP contribution is 2.37. The van der Waals surface area contributed by atoms with Crippen LogP contribution in [0.5, 0.6) is 0 Å². The largest absolute Gasteiger partial charge is 0.375 e. The molecule has 1 heterocycles. The molecule has 1 aliphatic heterocycles. The van der Waals surface area contributed by atoms with Crippen LogP contribution in [0.2, 0.25) is 5.02 Å². The van der Waals surface area contributed by atoms with Crippen molar-refractivity contribution in [3.05, 3.63) is 34.9 Å². The third kappa shape index (κ3) is 3.11. The number of morpholine rings is 1. The lowest BCUT2D eigenvalue weighted by Gasteiger charge is -2.48. The van der Waals surface area contributed by atoms with Gasteiger partial charge in [-0.2, -0.15) is 0 Å². The van der Waals surface area contributed by atoms with Gasteiger partial charge < -0.3 is 10.5 Å². The summed E-state index contributed by atoms with van der Waals surface area (Å²) in [4.78, 5) is 2.55. The molecule has 21 heavy (non-hydrogen) atoms. The van der Waals surface area contributed by atoms with Gasteiger partial charge in [0.05, 0.1) is 18.8 Å². The van der Waals surface area contributed by atoms with Crippen LogP contribution in [0.3, 0.4) is 0 Å². The van der Waals surface area contributed by atoms with Crippen LogP contribution in [0.1, 0.15) is 44.2 Å². The SMILES string of the molecule is CC(N)C(c1ccccc1Cl)N1CCOC2CCCCC21. The zero-order valence-electron chi connectivity index (χ0n) is 12.7. The Labute approximate surface area is 132 Å². The first kappa shape index (κ1) is 15.3. The van der Waals surface area contributed by atoms with Gasteiger partial charge in [0.25, 0.3) is 0 Å². The maximum atomic E-state index is 6.44. The highest BCUT2D eigenvalue weighted by Gasteiger charge is 2.39. The molecule has 1 saturated carbocycles. The topological polar surface area (TPSA) is 38.5 Å². The van der Waals surface area contributed by atoms with E-state index in [1.807, 2.05) is 12.1 Å². The molecule has 3 nitrogen and oxygen atoms in total. The first-order valence-electron chi connectivity index (χ1n) is 8.06. The highest BCUT2D eigenvalue weighted by atomic mass is 35.5. The van der Waals surface area contributed by atoms with E-state index in [-0.39, 0.29) is 12.1 Å². The van der Waals surface area contributed by atoms with Crippen molar-refractivity contribution in [2.75, 3.05) is 13.2 Å². The highest BCUT2D eigenvalue weighted by molar-refractivity contribution is 6.31. The predicted molar refractivity (Wildman–Crippen MR) is 86.5 cm³/mol. The van der Waals surface area contributed by atoms with Crippen molar-refractivity contribution in [1.82, 2.24) is 4.90 Å². The zero-order chi connectivity index (χ0) is 14.8. The van der Waals surface area contributed by atoms with Gasteiger partial charge in [-0.25, -0.2) is 0 Å². The van der Waals surface area contributed by atoms with Crippen molar-refractivity contribution in [1.29, 1.82) is 0 Å². The van der Waals surface area contributed by atoms with Crippen molar-refractivity contribution in [2.24, 2.45) is 5.73 Å². The lowest BCUT2D eigenvalue weighted by Crippen LogP contribution is -2.56. The molecule has 4 atom stereocenters. The van der Waals surface area contributed by atoms with E-state index >= 15 is 0 Å². The van der Waals surface area contributed by atoms with Gasteiger partial charge in [0, 0.05) is 23.7 Å². The molecule has 2 aliphatic rings. The summed E-state index contributed by atoms with van der Waals surface area (Å²) in [5, 5.41) is 0.818. The Kier molecular flexibility index (Phi) is 4.85. The quantitative estimate of drug-likeness (QED) is 0.930. The summed E-state index contributed by atoms with van der Waals surface area (Å²) >= 11 is 6.44. The first-order chi connectivity index (χ1) is 10.2. The van der Waals surface area contributed by atoms with E-state index in [9.17, 15) is 0 Å². The van der Waals surface area contributed by atoms with Crippen molar-refractivity contribution in [3.63, 3.8) is 0 Å².